The van der Waals surface area contributed by atoms with Gasteiger partial charge in [0.15, 0.2) is 0 Å². The second kappa shape index (κ2) is 4.98. The van der Waals surface area contributed by atoms with Gasteiger partial charge in [-0.05, 0) is 44.5 Å². The topological polar surface area (TPSA) is 32.8 Å². The molecule has 0 bridgehead atoms. The van der Waals surface area contributed by atoms with Gasteiger partial charge in [0.25, 0.3) is 0 Å². The Morgan fingerprint density at radius 1 is 1.48 bits per heavy atom. The predicted molar refractivity (Wildman–Crippen MR) is 79.1 cm³/mol. The molecule has 3 rings (SSSR count). The van der Waals surface area contributed by atoms with E-state index >= 15 is 0 Å². The summed E-state index contributed by atoms with van der Waals surface area (Å²) in [6, 6.07) is 5.30. The van der Waals surface area contributed by atoms with Gasteiger partial charge in [-0.25, -0.2) is 9.18 Å². The van der Waals surface area contributed by atoms with Crippen LogP contribution in [0.4, 0.5) is 10.1 Å². The van der Waals surface area contributed by atoms with Crippen molar-refractivity contribution in [1.82, 2.24) is 4.90 Å². The van der Waals surface area contributed by atoms with Crippen LogP contribution in [0.3, 0.4) is 0 Å². The Labute approximate surface area is 124 Å². The summed E-state index contributed by atoms with van der Waals surface area (Å²) in [5.41, 5.74) is 0.926. The minimum absolute atomic E-state index is 0.0131. The first-order chi connectivity index (χ1) is 9.99. The average Bonchev–Trinajstić information content (AvgIpc) is 2.67. The summed E-state index contributed by atoms with van der Waals surface area (Å²) in [4.78, 5) is 16.0. The van der Waals surface area contributed by atoms with Gasteiger partial charge in [-0.3, -0.25) is 0 Å². The van der Waals surface area contributed by atoms with Crippen molar-refractivity contribution in [1.29, 1.82) is 0 Å². The first kappa shape index (κ1) is 14.3. The molecule has 1 aliphatic carbocycles. The molecule has 1 saturated carbocycles. The second-order valence-corrected chi connectivity index (χ2v) is 6.10. The fraction of sp³-hybridized carbons (Fsp3) is 0.562. The Bertz CT molecular complexity index is 577. The Morgan fingerprint density at radius 2 is 2.24 bits per heavy atom. The van der Waals surface area contributed by atoms with Crippen LogP contribution in [0, 0.1) is 5.82 Å². The number of nitrogens with zero attached hydrogens (tertiary/aromatic N) is 2. The van der Waals surface area contributed by atoms with Crippen molar-refractivity contribution < 1.29 is 13.9 Å². The summed E-state index contributed by atoms with van der Waals surface area (Å²) in [7, 11) is 5.44. The zero-order valence-electron chi connectivity index (χ0n) is 12.7. The monoisotopic (exact) mass is 292 g/mol. The van der Waals surface area contributed by atoms with E-state index in [4.69, 9.17) is 0 Å². The van der Waals surface area contributed by atoms with Gasteiger partial charge in [0.2, 0.25) is 0 Å². The maximum atomic E-state index is 14.1. The normalized spacial score (nSPS) is 27.9. The molecule has 2 atom stereocenters. The predicted octanol–water partition coefficient (Wildman–Crippen LogP) is 2.29. The molecule has 0 spiro atoms. The van der Waals surface area contributed by atoms with Crippen molar-refractivity contribution in [3.05, 3.63) is 29.6 Å². The van der Waals surface area contributed by atoms with Crippen LogP contribution in [-0.4, -0.2) is 50.2 Å². The van der Waals surface area contributed by atoms with Crippen molar-refractivity contribution in [3.63, 3.8) is 0 Å². The summed E-state index contributed by atoms with van der Waals surface area (Å²) in [6.07, 6.45) is 3.44. The van der Waals surface area contributed by atoms with Gasteiger partial charge in [0, 0.05) is 25.3 Å². The summed E-state index contributed by atoms with van der Waals surface area (Å²) in [5.74, 6) is -1.16. The van der Waals surface area contributed by atoms with Crippen molar-refractivity contribution >= 4 is 11.7 Å². The molecule has 1 aliphatic heterocycles. The lowest BCUT2D eigenvalue weighted by Gasteiger charge is -2.53. The number of esters is 1. The quantitative estimate of drug-likeness (QED) is 0.800. The van der Waals surface area contributed by atoms with Crippen LogP contribution >= 0.6 is 0 Å². The molecule has 2 aliphatic rings. The van der Waals surface area contributed by atoms with Gasteiger partial charge in [-0.2, -0.15) is 0 Å². The lowest BCUT2D eigenvalue weighted by molar-refractivity contribution is 0.0595. The number of carbonyl (C=O) groups is 1. The van der Waals surface area contributed by atoms with E-state index in [1.54, 1.807) is 6.07 Å². The molecule has 1 heterocycles. The average molecular weight is 292 g/mol. The number of rotatable bonds is 3. The van der Waals surface area contributed by atoms with Crippen LogP contribution in [-0.2, 0) is 4.74 Å². The van der Waals surface area contributed by atoms with Crippen molar-refractivity contribution in [2.45, 2.75) is 30.8 Å². The summed E-state index contributed by atoms with van der Waals surface area (Å²) in [6.45, 7) is 1.08. The molecule has 0 N–H and O–H groups in total. The van der Waals surface area contributed by atoms with Crippen molar-refractivity contribution in [3.8, 4) is 0 Å². The first-order valence-corrected chi connectivity index (χ1v) is 7.31. The molecule has 2 fully saturated rings. The van der Waals surface area contributed by atoms with Gasteiger partial charge in [-0.1, -0.05) is 0 Å². The van der Waals surface area contributed by atoms with E-state index < -0.39 is 11.8 Å². The minimum Gasteiger partial charge on any atom is -0.465 e. The Kier molecular flexibility index (Phi) is 3.40. The largest absolute Gasteiger partial charge is 0.465 e. The van der Waals surface area contributed by atoms with Crippen LogP contribution in [0.25, 0.3) is 0 Å². The maximum absolute atomic E-state index is 14.1. The van der Waals surface area contributed by atoms with E-state index in [9.17, 15) is 9.18 Å². The molecule has 21 heavy (non-hydrogen) atoms. The Hall–Kier alpha value is -1.62. The number of carbonyl (C=O) groups excluding carboxylic acids is 1. The standard InChI is InChI=1S/C16H21FN2O2/c1-18-9-8-16(7-6-14(16)18)19(2)11-4-5-12(13(17)10-11)15(20)21-3/h4-5,10,14H,6-9H2,1-3H3. The molecule has 5 heteroatoms. The number of halogens is 1. The van der Waals surface area contributed by atoms with E-state index in [1.807, 2.05) is 7.05 Å². The highest BCUT2D eigenvalue weighted by molar-refractivity contribution is 5.90. The number of hydrogen-bond donors (Lipinski definition) is 0. The zero-order chi connectivity index (χ0) is 15.2. The van der Waals surface area contributed by atoms with Crippen LogP contribution in [0.1, 0.15) is 29.6 Å². The first-order valence-electron chi connectivity index (χ1n) is 7.31. The number of anilines is 1. The van der Waals surface area contributed by atoms with Crippen LogP contribution in [0.2, 0.25) is 0 Å². The minimum atomic E-state index is -0.637. The maximum Gasteiger partial charge on any atom is 0.340 e. The molecule has 0 radical (unpaired) electrons. The molecule has 1 aromatic rings. The van der Waals surface area contributed by atoms with Gasteiger partial charge < -0.3 is 14.5 Å². The van der Waals surface area contributed by atoms with Gasteiger partial charge in [0.1, 0.15) is 5.82 Å². The molecule has 0 amide bonds. The SMILES string of the molecule is COC(=O)c1ccc(N(C)C23CCC2N(C)CC3)cc1F. The zero-order valence-corrected chi connectivity index (χ0v) is 12.7. The van der Waals surface area contributed by atoms with Crippen molar-refractivity contribution in [2.24, 2.45) is 0 Å². The second-order valence-electron chi connectivity index (χ2n) is 6.10. The molecule has 0 aromatic heterocycles. The third-order valence-electron chi connectivity index (χ3n) is 5.31. The van der Waals surface area contributed by atoms with Crippen LogP contribution in [0.15, 0.2) is 18.2 Å². The lowest BCUT2D eigenvalue weighted by Crippen LogP contribution is -2.62. The third-order valence-corrected chi connectivity index (χ3v) is 5.31. The third kappa shape index (κ3) is 2.02. The number of hydrogen-bond acceptors (Lipinski definition) is 4. The van der Waals surface area contributed by atoms with Gasteiger partial charge in [-0.15, -0.1) is 0 Å². The summed E-state index contributed by atoms with van der Waals surface area (Å²) >= 11 is 0. The number of ether oxygens (including phenoxy) is 1. The fourth-order valence-electron chi connectivity index (χ4n) is 3.86. The molecular formula is C16H21FN2O2. The number of likely N-dealkylation sites (N-methyl/N-ethyl adjacent to an activating group) is 2. The Morgan fingerprint density at radius 3 is 2.76 bits per heavy atom. The molecule has 114 valence electrons. The molecular weight excluding hydrogens is 271 g/mol. The smallest absolute Gasteiger partial charge is 0.340 e. The molecule has 4 nitrogen and oxygen atoms in total. The number of fused-ring (bicyclic) bond motifs is 1. The number of likely N-dealkylation sites (tertiary alicyclic amines) is 1. The van der Waals surface area contributed by atoms with E-state index in [2.05, 4.69) is 21.6 Å². The van der Waals surface area contributed by atoms with Gasteiger partial charge >= 0.3 is 5.97 Å². The number of benzene rings is 1. The summed E-state index contributed by atoms with van der Waals surface area (Å²) < 4.78 is 18.7. The van der Waals surface area contributed by atoms with E-state index in [0.717, 1.165) is 25.1 Å². The highest BCUT2D eigenvalue weighted by atomic mass is 19.1. The van der Waals surface area contributed by atoms with E-state index in [1.165, 1.54) is 25.7 Å². The van der Waals surface area contributed by atoms with E-state index in [0.29, 0.717) is 6.04 Å². The Balaban J connectivity index is 1.88. The molecule has 2 unspecified atom stereocenters. The lowest BCUT2D eigenvalue weighted by atomic mass is 9.70. The molecule has 1 aromatic carbocycles. The van der Waals surface area contributed by atoms with Gasteiger partial charge in [0.05, 0.1) is 18.2 Å². The molecule has 1 saturated heterocycles. The van der Waals surface area contributed by atoms with E-state index in [-0.39, 0.29) is 11.1 Å². The van der Waals surface area contributed by atoms with Crippen LogP contribution in [0.5, 0.6) is 0 Å². The van der Waals surface area contributed by atoms with Crippen molar-refractivity contribution in [2.75, 3.05) is 32.6 Å². The summed E-state index contributed by atoms with van der Waals surface area (Å²) in [5, 5.41) is 0. The highest BCUT2D eigenvalue weighted by Crippen LogP contribution is 2.48. The number of methoxy groups -OCH3 is 1. The fourth-order valence-corrected chi connectivity index (χ4v) is 3.86. The van der Waals surface area contributed by atoms with Crippen LogP contribution < -0.4 is 4.90 Å². The highest BCUT2D eigenvalue weighted by Gasteiger charge is 2.55.